The van der Waals surface area contributed by atoms with Crippen LogP contribution in [0.15, 0.2) is 15.1 Å². The van der Waals surface area contributed by atoms with Gasteiger partial charge in [-0.1, -0.05) is 0 Å². The van der Waals surface area contributed by atoms with Gasteiger partial charge in [-0.15, -0.1) is 5.10 Å². The fraction of sp³-hybridized carbons (Fsp3) is 0.375. The molecule has 0 aliphatic rings. The number of rotatable bonds is 4. The highest BCUT2D eigenvalue weighted by molar-refractivity contribution is 7.99. The Balaban J connectivity index is 2.28. The fourth-order valence-corrected chi connectivity index (χ4v) is 2.07. The predicted molar refractivity (Wildman–Crippen MR) is 67.0 cm³/mol. The molecule has 0 fully saturated rings. The summed E-state index contributed by atoms with van der Waals surface area (Å²) in [7, 11) is 1.60. The monoisotopic (exact) mass is 287 g/mol. The molecule has 0 unspecified atom stereocenters. The number of halogens is 1. The van der Waals surface area contributed by atoms with Gasteiger partial charge >= 0.3 is 5.69 Å². The van der Waals surface area contributed by atoms with E-state index in [4.69, 9.17) is 11.6 Å². The Bertz CT molecular complexity index is 610. The van der Waals surface area contributed by atoms with Crippen LogP contribution in [0.2, 0.25) is 5.28 Å². The van der Waals surface area contributed by atoms with Gasteiger partial charge in [0.05, 0.1) is 0 Å². The van der Waals surface area contributed by atoms with E-state index in [1.54, 1.807) is 7.05 Å². The number of H-pyrrole nitrogens is 1. The highest BCUT2D eigenvalue weighted by atomic mass is 35.5. The summed E-state index contributed by atoms with van der Waals surface area (Å²) < 4.78 is 1.36. The Hall–Kier alpha value is -1.61. The summed E-state index contributed by atoms with van der Waals surface area (Å²) in [6.07, 6.45) is 0. The van der Waals surface area contributed by atoms with Crippen LogP contribution in [0.5, 0.6) is 0 Å². The topological polar surface area (TPSA) is 101 Å². The molecule has 8 nitrogen and oxygen atoms in total. The van der Waals surface area contributed by atoms with Crippen molar-refractivity contribution in [2.75, 3.05) is 11.9 Å². The van der Waals surface area contributed by atoms with Crippen LogP contribution < -0.4 is 11.0 Å². The third-order valence-electron chi connectivity index (χ3n) is 1.94. The van der Waals surface area contributed by atoms with Crippen LogP contribution in [0.25, 0.3) is 0 Å². The first kappa shape index (κ1) is 12.8. The molecular weight excluding hydrogens is 278 g/mol. The maximum atomic E-state index is 11.2. The van der Waals surface area contributed by atoms with Crippen LogP contribution in [0.4, 0.5) is 5.95 Å². The molecule has 0 aliphatic carbocycles. The lowest BCUT2D eigenvalue weighted by Gasteiger charge is -2.03. The molecule has 2 aromatic heterocycles. The van der Waals surface area contributed by atoms with E-state index in [2.05, 4.69) is 30.5 Å². The van der Waals surface area contributed by atoms with Gasteiger partial charge in [-0.25, -0.2) is 9.89 Å². The van der Waals surface area contributed by atoms with Gasteiger partial charge < -0.3 is 5.32 Å². The Morgan fingerprint density at radius 2 is 2.22 bits per heavy atom. The number of nitrogens with zero attached hydrogens (tertiary/aromatic N) is 5. The number of nitrogens with one attached hydrogen (secondary N) is 2. The fourth-order valence-electron chi connectivity index (χ4n) is 1.12. The molecule has 0 aromatic carbocycles. The van der Waals surface area contributed by atoms with Crippen LogP contribution in [0, 0.1) is 0 Å². The van der Waals surface area contributed by atoms with Crippen molar-refractivity contribution < 1.29 is 0 Å². The second kappa shape index (κ2) is 5.36. The number of aromatic amines is 1. The first-order valence-electron chi connectivity index (χ1n) is 5.05. The molecule has 0 radical (unpaired) electrons. The van der Waals surface area contributed by atoms with Crippen molar-refractivity contribution in [3.8, 4) is 0 Å². The number of hydrogen-bond acceptors (Lipinski definition) is 7. The van der Waals surface area contributed by atoms with Crippen molar-refractivity contribution in [1.82, 2.24) is 29.7 Å². The standard InChI is InChI=1S/C8H10ClN7OS/c1-3-10-5-11-4(9)12-6(13-5)18-8-15-14-7(17)16(8)2/h3H2,1-2H3,(H,14,17)(H,10,11,12,13). The van der Waals surface area contributed by atoms with Gasteiger partial charge in [-0.3, -0.25) is 4.57 Å². The van der Waals surface area contributed by atoms with E-state index in [1.165, 1.54) is 4.57 Å². The molecule has 0 saturated carbocycles. The molecule has 96 valence electrons. The molecule has 10 heteroatoms. The molecule has 2 rings (SSSR count). The quantitative estimate of drug-likeness (QED) is 0.845. The van der Waals surface area contributed by atoms with Crippen LogP contribution in [-0.2, 0) is 7.05 Å². The highest BCUT2D eigenvalue weighted by Crippen LogP contribution is 2.22. The van der Waals surface area contributed by atoms with E-state index in [0.717, 1.165) is 11.8 Å². The van der Waals surface area contributed by atoms with Crippen molar-refractivity contribution in [3.05, 3.63) is 15.8 Å². The number of aromatic nitrogens is 6. The summed E-state index contributed by atoms with van der Waals surface area (Å²) in [6, 6.07) is 0. The van der Waals surface area contributed by atoms with E-state index >= 15 is 0 Å². The van der Waals surface area contributed by atoms with Gasteiger partial charge in [-0.05, 0) is 30.3 Å². The van der Waals surface area contributed by atoms with Crippen LogP contribution in [-0.4, -0.2) is 36.3 Å². The molecule has 0 saturated heterocycles. The molecule has 2 aromatic rings. The van der Waals surface area contributed by atoms with Crippen molar-refractivity contribution >= 4 is 29.3 Å². The minimum Gasteiger partial charge on any atom is -0.354 e. The number of anilines is 1. The SMILES string of the molecule is CCNc1nc(Cl)nc(Sc2n[nH]c(=O)n2C)n1. The summed E-state index contributed by atoms with van der Waals surface area (Å²) in [4.78, 5) is 23.2. The average molecular weight is 288 g/mol. The van der Waals surface area contributed by atoms with Crippen LogP contribution in [0.1, 0.15) is 6.92 Å². The van der Waals surface area contributed by atoms with Gasteiger partial charge in [0.25, 0.3) is 0 Å². The van der Waals surface area contributed by atoms with E-state index in [9.17, 15) is 4.79 Å². The molecule has 0 spiro atoms. The molecule has 0 amide bonds. The normalized spacial score (nSPS) is 10.6. The van der Waals surface area contributed by atoms with Crippen molar-refractivity contribution in [2.45, 2.75) is 17.2 Å². The average Bonchev–Trinajstić information content (AvgIpc) is 2.61. The molecular formula is C8H10ClN7OS. The summed E-state index contributed by atoms with van der Waals surface area (Å²) in [5, 5.41) is 10.0. The largest absolute Gasteiger partial charge is 0.354 e. The smallest absolute Gasteiger partial charge is 0.343 e. The minimum atomic E-state index is -0.301. The van der Waals surface area contributed by atoms with Crippen molar-refractivity contribution in [2.24, 2.45) is 7.05 Å². The molecule has 0 atom stereocenters. The third-order valence-corrected chi connectivity index (χ3v) is 3.03. The van der Waals surface area contributed by atoms with Gasteiger partial charge in [0.1, 0.15) is 0 Å². The lowest BCUT2D eigenvalue weighted by molar-refractivity contribution is 0.761. The predicted octanol–water partition coefficient (Wildman–Crippen LogP) is 0.530. The Morgan fingerprint density at radius 3 is 2.83 bits per heavy atom. The zero-order chi connectivity index (χ0) is 13.1. The van der Waals surface area contributed by atoms with Crippen molar-refractivity contribution in [1.29, 1.82) is 0 Å². The lowest BCUT2D eigenvalue weighted by atomic mass is 10.7. The van der Waals surface area contributed by atoms with Crippen molar-refractivity contribution in [3.63, 3.8) is 0 Å². The summed E-state index contributed by atoms with van der Waals surface area (Å²) in [5.74, 6) is 0.389. The zero-order valence-electron chi connectivity index (χ0n) is 9.64. The van der Waals surface area contributed by atoms with E-state index < -0.39 is 0 Å². The molecule has 2 heterocycles. The Morgan fingerprint density at radius 1 is 1.44 bits per heavy atom. The summed E-state index contributed by atoms with van der Waals surface area (Å²) in [5.41, 5.74) is -0.301. The maximum Gasteiger partial charge on any atom is 0.343 e. The molecule has 18 heavy (non-hydrogen) atoms. The maximum absolute atomic E-state index is 11.2. The molecule has 0 aliphatic heterocycles. The Kier molecular flexibility index (Phi) is 3.82. The van der Waals surface area contributed by atoms with E-state index in [-0.39, 0.29) is 11.0 Å². The first-order valence-corrected chi connectivity index (χ1v) is 6.24. The Labute approximate surface area is 111 Å². The summed E-state index contributed by atoms with van der Waals surface area (Å²) >= 11 is 6.91. The second-order valence-electron chi connectivity index (χ2n) is 3.21. The van der Waals surface area contributed by atoms with Crippen LogP contribution >= 0.6 is 23.4 Å². The molecule has 0 bridgehead atoms. The number of hydrogen-bond donors (Lipinski definition) is 2. The van der Waals surface area contributed by atoms with Gasteiger partial charge in [0.2, 0.25) is 16.4 Å². The second-order valence-corrected chi connectivity index (χ2v) is 4.49. The van der Waals surface area contributed by atoms with Gasteiger partial charge in [0, 0.05) is 13.6 Å². The lowest BCUT2D eigenvalue weighted by Crippen LogP contribution is -2.13. The zero-order valence-corrected chi connectivity index (χ0v) is 11.2. The van der Waals surface area contributed by atoms with Crippen LogP contribution in [0.3, 0.4) is 0 Å². The van der Waals surface area contributed by atoms with Gasteiger partial charge in [0.15, 0.2) is 5.16 Å². The van der Waals surface area contributed by atoms with E-state index in [0.29, 0.717) is 22.8 Å². The first-order chi connectivity index (χ1) is 8.60. The summed E-state index contributed by atoms with van der Waals surface area (Å²) in [6.45, 7) is 2.59. The van der Waals surface area contributed by atoms with E-state index in [1.807, 2.05) is 6.92 Å². The minimum absolute atomic E-state index is 0.0870. The third kappa shape index (κ3) is 2.79. The van der Waals surface area contributed by atoms with Gasteiger partial charge in [-0.2, -0.15) is 15.0 Å². The molecule has 2 N–H and O–H groups in total. The highest BCUT2D eigenvalue weighted by Gasteiger charge is 2.11.